The molecule has 3 aromatic rings. The van der Waals surface area contributed by atoms with Gasteiger partial charge in [0.2, 0.25) is 12.2 Å². The smallest absolute Gasteiger partial charge is 0.410 e. The van der Waals surface area contributed by atoms with E-state index >= 15 is 0 Å². The van der Waals surface area contributed by atoms with Crippen LogP contribution in [0.4, 0.5) is 9.59 Å². The lowest BCUT2D eigenvalue weighted by Gasteiger charge is -2.31. The molecule has 412 valence electrons. The molecular formula is C59H82N2O14. The zero-order chi connectivity index (χ0) is 55.5. The van der Waals surface area contributed by atoms with E-state index in [9.17, 15) is 33.9 Å². The number of carbonyl (C=O) groups is 6. The van der Waals surface area contributed by atoms with Crippen molar-refractivity contribution in [3.05, 3.63) is 113 Å². The summed E-state index contributed by atoms with van der Waals surface area (Å²) in [5, 5.41) is 9.71. The molecule has 2 amide bonds. The van der Waals surface area contributed by atoms with Gasteiger partial charge in [-0.2, -0.15) is 0 Å². The highest BCUT2D eigenvalue weighted by Crippen LogP contribution is 2.28. The number of nitrogens with zero attached hydrogens (tertiary/aromatic N) is 2. The van der Waals surface area contributed by atoms with Gasteiger partial charge in [-0.25, -0.2) is 28.8 Å². The van der Waals surface area contributed by atoms with Gasteiger partial charge in [-0.05, 0) is 125 Å². The molecule has 1 N–H and O–H groups in total. The van der Waals surface area contributed by atoms with Crippen LogP contribution in [-0.4, -0.2) is 127 Å². The fourth-order valence-corrected chi connectivity index (χ4v) is 8.28. The Morgan fingerprint density at radius 3 is 1.55 bits per heavy atom. The standard InChI is InChI=1S/C33H43NO7.C26H39NO7/c1-23(2)20-28(34(6)32(37)41-33(3,4)5)30(35)40-29(31(36)39-22-25-10-8-7-9-11-25)21-24-12-14-26(15-13-24)27-16-18-38-19-17-27;1-17(2)15-21(27(6)25(31)34-26(3,4)5)24(30)33-22(23(28)29)16-18-7-9-19(10-8-18)20-11-13-32-14-12-20/h7-16,23,28-29H,17-22H2,1-6H3;7-10,17,20-22H,11-16H2,1-6H3,(H,28,29)/t28-,29+;21-,22+/m00/s1. The maximum atomic E-state index is 13.5. The van der Waals surface area contributed by atoms with Gasteiger partial charge in [-0.3, -0.25) is 9.80 Å². The molecule has 0 saturated carbocycles. The summed E-state index contributed by atoms with van der Waals surface area (Å²) in [7, 11) is 2.97. The van der Waals surface area contributed by atoms with Gasteiger partial charge in [0, 0.05) is 40.2 Å². The molecule has 2 heterocycles. The number of carbonyl (C=O) groups excluding carboxylic acids is 5. The molecule has 2 aliphatic heterocycles. The van der Waals surface area contributed by atoms with Gasteiger partial charge < -0.3 is 38.3 Å². The van der Waals surface area contributed by atoms with Crippen LogP contribution in [0.1, 0.15) is 135 Å². The molecule has 0 bridgehead atoms. The minimum atomic E-state index is -1.36. The monoisotopic (exact) mass is 1040 g/mol. The number of carboxylic acids is 1. The van der Waals surface area contributed by atoms with Crippen molar-refractivity contribution in [2.45, 2.75) is 162 Å². The van der Waals surface area contributed by atoms with Crippen LogP contribution in [0.5, 0.6) is 0 Å². The van der Waals surface area contributed by atoms with Crippen LogP contribution in [0.25, 0.3) is 5.57 Å². The topological polar surface area (TPSA) is 194 Å². The largest absolute Gasteiger partial charge is 0.478 e. The predicted molar refractivity (Wildman–Crippen MR) is 285 cm³/mol. The summed E-state index contributed by atoms with van der Waals surface area (Å²) in [5.41, 5.74) is 4.46. The first-order valence-corrected chi connectivity index (χ1v) is 26.1. The molecule has 75 heavy (non-hydrogen) atoms. The van der Waals surface area contributed by atoms with E-state index in [0.29, 0.717) is 32.0 Å². The zero-order valence-corrected chi connectivity index (χ0v) is 46.3. The normalized spacial score (nSPS) is 15.7. The molecule has 4 atom stereocenters. The molecule has 5 rings (SSSR count). The number of hydrogen-bond acceptors (Lipinski definition) is 13. The molecule has 2 aliphatic rings. The molecule has 16 heteroatoms. The van der Waals surface area contributed by atoms with Gasteiger partial charge in [0.05, 0.1) is 13.2 Å². The fourth-order valence-electron chi connectivity index (χ4n) is 8.28. The molecule has 0 aromatic heterocycles. The Balaban J connectivity index is 0.000000330. The number of carboxylic acid groups (broad SMARTS) is 1. The summed E-state index contributed by atoms with van der Waals surface area (Å²) in [6.45, 7) is 21.1. The van der Waals surface area contributed by atoms with Crippen LogP contribution in [0, 0.1) is 11.8 Å². The van der Waals surface area contributed by atoms with E-state index in [0.717, 1.165) is 54.7 Å². The molecule has 0 unspecified atom stereocenters. The summed E-state index contributed by atoms with van der Waals surface area (Å²) in [6.07, 6.45) is 1.83. The number of hydrogen-bond donors (Lipinski definition) is 1. The number of amides is 2. The number of likely N-dealkylation sites (N-methyl/N-ethyl adjacent to an activating group) is 2. The molecular weight excluding hydrogens is 961 g/mol. The van der Waals surface area contributed by atoms with Crippen LogP contribution in [-0.2, 0) is 71.8 Å². The Hall–Kier alpha value is -6.26. The number of aliphatic carboxylic acids is 1. The maximum Gasteiger partial charge on any atom is 0.410 e. The van der Waals surface area contributed by atoms with Crippen LogP contribution < -0.4 is 0 Å². The first kappa shape index (κ1) is 61.3. The lowest BCUT2D eigenvalue weighted by atomic mass is 9.91. The lowest BCUT2D eigenvalue weighted by molar-refractivity contribution is -0.171. The summed E-state index contributed by atoms with van der Waals surface area (Å²) in [5.74, 6) is -2.73. The average Bonchev–Trinajstić information content (AvgIpc) is 3.36. The van der Waals surface area contributed by atoms with Gasteiger partial charge >= 0.3 is 36.1 Å². The molecule has 16 nitrogen and oxygen atoms in total. The number of benzene rings is 3. The van der Waals surface area contributed by atoms with Crippen LogP contribution in [0.2, 0.25) is 0 Å². The second-order valence-electron chi connectivity index (χ2n) is 22.0. The van der Waals surface area contributed by atoms with E-state index in [2.05, 4.69) is 6.08 Å². The van der Waals surface area contributed by atoms with Crippen molar-refractivity contribution in [3.8, 4) is 0 Å². The van der Waals surface area contributed by atoms with Gasteiger partial charge in [0.25, 0.3) is 0 Å². The highest BCUT2D eigenvalue weighted by atomic mass is 16.6. The Kier molecular flexibility index (Phi) is 23.8. The van der Waals surface area contributed by atoms with Crippen LogP contribution in [0.15, 0.2) is 84.9 Å². The van der Waals surface area contributed by atoms with E-state index in [4.69, 9.17) is 33.2 Å². The van der Waals surface area contributed by atoms with Crippen molar-refractivity contribution < 1.29 is 67.0 Å². The fraction of sp³-hybridized carbons (Fsp3) is 0.559. The van der Waals surface area contributed by atoms with Crippen molar-refractivity contribution in [3.63, 3.8) is 0 Å². The van der Waals surface area contributed by atoms with E-state index in [1.807, 2.05) is 107 Å². The lowest BCUT2D eigenvalue weighted by Crippen LogP contribution is -2.47. The van der Waals surface area contributed by atoms with E-state index in [-0.39, 0.29) is 31.3 Å². The minimum Gasteiger partial charge on any atom is -0.478 e. The second kappa shape index (κ2) is 29.1. The van der Waals surface area contributed by atoms with Crippen molar-refractivity contribution >= 4 is 41.6 Å². The Morgan fingerprint density at radius 2 is 1.09 bits per heavy atom. The van der Waals surface area contributed by atoms with Crippen molar-refractivity contribution in [1.29, 1.82) is 0 Å². The molecule has 0 radical (unpaired) electrons. The highest BCUT2D eigenvalue weighted by Gasteiger charge is 2.37. The van der Waals surface area contributed by atoms with Crippen LogP contribution in [0.3, 0.4) is 0 Å². The third-order valence-electron chi connectivity index (χ3n) is 12.3. The van der Waals surface area contributed by atoms with Crippen LogP contribution >= 0.6 is 0 Å². The van der Waals surface area contributed by atoms with E-state index < -0.39 is 71.6 Å². The van der Waals surface area contributed by atoms with E-state index in [1.165, 1.54) is 35.0 Å². The van der Waals surface area contributed by atoms with Gasteiger partial charge in [-0.1, -0.05) is 113 Å². The molecule has 1 fully saturated rings. The first-order chi connectivity index (χ1) is 35.3. The highest BCUT2D eigenvalue weighted by molar-refractivity contribution is 5.85. The summed E-state index contributed by atoms with van der Waals surface area (Å²) in [4.78, 5) is 79.5. The van der Waals surface area contributed by atoms with E-state index in [1.54, 1.807) is 41.5 Å². The SMILES string of the molecule is CC(C)C[C@@H](C(=O)O[C@H](Cc1ccc(C2=CCOCC2)cc1)C(=O)OCc1ccccc1)N(C)C(=O)OC(C)(C)C.CC(C)C[C@@H](C(=O)O[C@H](Cc1ccc(C2CCOCC2)cc1)C(=O)O)N(C)C(=O)OC(C)(C)C. The molecule has 1 saturated heterocycles. The Morgan fingerprint density at radius 1 is 0.613 bits per heavy atom. The predicted octanol–water partition coefficient (Wildman–Crippen LogP) is 10.4. The summed E-state index contributed by atoms with van der Waals surface area (Å²) < 4.78 is 38.5. The number of rotatable bonds is 20. The third kappa shape index (κ3) is 21.5. The summed E-state index contributed by atoms with van der Waals surface area (Å²) in [6, 6.07) is 23.0. The third-order valence-corrected chi connectivity index (χ3v) is 12.3. The first-order valence-electron chi connectivity index (χ1n) is 26.1. The van der Waals surface area contributed by atoms with Crippen molar-refractivity contribution in [2.75, 3.05) is 40.5 Å². The molecule has 0 aliphatic carbocycles. The zero-order valence-electron chi connectivity index (χ0n) is 46.3. The van der Waals surface area contributed by atoms with Gasteiger partial charge in [0.1, 0.15) is 29.9 Å². The summed E-state index contributed by atoms with van der Waals surface area (Å²) >= 11 is 0. The Bertz CT molecular complexity index is 2330. The molecule has 0 spiro atoms. The second-order valence-corrected chi connectivity index (χ2v) is 22.0. The maximum absolute atomic E-state index is 13.5. The van der Waals surface area contributed by atoms with Crippen molar-refractivity contribution in [2.24, 2.45) is 11.8 Å². The number of esters is 3. The minimum absolute atomic E-state index is 0.0414. The van der Waals surface area contributed by atoms with Gasteiger partial charge in [0.15, 0.2) is 0 Å². The average molecular weight is 1040 g/mol. The quantitative estimate of drug-likeness (QED) is 0.0829. The molecule has 3 aromatic carbocycles. The Labute approximate surface area is 444 Å². The van der Waals surface area contributed by atoms with Gasteiger partial charge in [-0.15, -0.1) is 0 Å². The van der Waals surface area contributed by atoms with Crippen molar-refractivity contribution in [1.82, 2.24) is 9.80 Å². The number of ether oxygens (including phenoxy) is 7.